The molecule has 0 spiro atoms. The Hall–Kier alpha value is -4.14. The predicted molar refractivity (Wildman–Crippen MR) is 125 cm³/mol. The van der Waals surface area contributed by atoms with Crippen LogP contribution in [0.3, 0.4) is 0 Å². The van der Waals surface area contributed by atoms with E-state index in [1.807, 2.05) is 36.4 Å². The molecule has 4 aromatic rings. The molecule has 0 bridgehead atoms. The molecule has 1 fully saturated rings. The zero-order valence-corrected chi connectivity index (χ0v) is 17.5. The van der Waals surface area contributed by atoms with Crippen LogP contribution in [0.1, 0.15) is 28.6 Å². The lowest BCUT2D eigenvalue weighted by molar-refractivity contribution is -0.117. The number of amides is 2. The minimum Gasteiger partial charge on any atom is -0.508 e. The Balaban J connectivity index is 1.38. The first-order valence-corrected chi connectivity index (χ1v) is 10.6. The number of anilines is 2. The van der Waals surface area contributed by atoms with Crippen LogP contribution in [0, 0.1) is 0 Å². The number of hydrogen-bond donors (Lipinski definition) is 5. The van der Waals surface area contributed by atoms with Gasteiger partial charge < -0.3 is 20.2 Å². The highest BCUT2D eigenvalue weighted by atomic mass is 16.3. The Morgan fingerprint density at radius 3 is 2.42 bits per heavy atom. The second kappa shape index (κ2) is 8.78. The highest BCUT2D eigenvalue weighted by Gasteiger charge is 2.33. The third kappa shape index (κ3) is 4.17. The lowest BCUT2D eigenvalue weighted by Crippen LogP contribution is -2.39. The van der Waals surface area contributed by atoms with Crippen molar-refractivity contribution < 1.29 is 19.1 Å². The van der Waals surface area contributed by atoms with Crippen molar-refractivity contribution in [1.82, 2.24) is 10.9 Å². The van der Waals surface area contributed by atoms with Crippen molar-refractivity contribution in [2.24, 2.45) is 0 Å². The maximum Gasteiger partial charge on any atom is 0.293 e. The largest absolute Gasteiger partial charge is 0.508 e. The van der Waals surface area contributed by atoms with Crippen molar-refractivity contribution >= 4 is 34.2 Å². The number of hydrazine groups is 1. The van der Waals surface area contributed by atoms with E-state index >= 15 is 0 Å². The monoisotopic (exact) mass is 442 g/mol. The summed E-state index contributed by atoms with van der Waals surface area (Å²) < 4.78 is 5.81. The second-order valence-corrected chi connectivity index (χ2v) is 7.80. The van der Waals surface area contributed by atoms with Gasteiger partial charge in [-0.1, -0.05) is 48.5 Å². The van der Waals surface area contributed by atoms with Crippen molar-refractivity contribution in [1.29, 1.82) is 0 Å². The molecular formula is C25H22N4O4. The van der Waals surface area contributed by atoms with Gasteiger partial charge in [-0.15, -0.1) is 0 Å². The molecular weight excluding hydrogens is 420 g/mol. The van der Waals surface area contributed by atoms with Crippen molar-refractivity contribution in [3.8, 4) is 5.75 Å². The summed E-state index contributed by atoms with van der Waals surface area (Å²) >= 11 is 0. The molecule has 1 saturated heterocycles. The second-order valence-electron chi connectivity index (χ2n) is 7.80. The summed E-state index contributed by atoms with van der Waals surface area (Å²) in [6.45, 7) is 0. The molecule has 5 N–H and O–H groups in total. The molecule has 8 nitrogen and oxygen atoms in total. The number of rotatable bonds is 5. The van der Waals surface area contributed by atoms with Crippen LogP contribution in [0.25, 0.3) is 11.0 Å². The van der Waals surface area contributed by atoms with Crippen LogP contribution in [0.5, 0.6) is 5.75 Å². The molecule has 2 atom stereocenters. The van der Waals surface area contributed by atoms with E-state index in [4.69, 9.17) is 4.42 Å². The average molecular weight is 442 g/mol. The number of benzene rings is 3. The lowest BCUT2D eigenvalue weighted by Gasteiger charge is -2.12. The molecule has 2 heterocycles. The number of aromatic hydroxyl groups is 1. The predicted octanol–water partition coefficient (Wildman–Crippen LogP) is 3.94. The normalized spacial score (nSPS) is 17.7. The first-order chi connectivity index (χ1) is 16.1. The standard InChI is InChI=1S/C25H22N4O4/c30-20-12-6-4-10-16(20)18-14-19(29-28-18)24(31)27-22-17-11-5-7-13-21(17)33-23(22)25(32)26-15-8-2-1-3-9-15/h1-13,18-19,28-30H,14H2,(H,26,32)(H,27,31). The van der Waals surface area contributed by atoms with Gasteiger partial charge in [0.25, 0.3) is 5.91 Å². The van der Waals surface area contributed by atoms with Crippen LogP contribution in [0.4, 0.5) is 11.4 Å². The number of carbonyl (C=O) groups excluding carboxylic acids is 2. The number of furan rings is 1. The molecule has 166 valence electrons. The fourth-order valence-electron chi connectivity index (χ4n) is 3.96. The Morgan fingerprint density at radius 1 is 0.879 bits per heavy atom. The number of nitrogens with one attached hydrogen (secondary N) is 4. The molecule has 0 radical (unpaired) electrons. The van der Waals surface area contributed by atoms with Crippen molar-refractivity contribution in [3.05, 3.63) is 90.2 Å². The van der Waals surface area contributed by atoms with E-state index in [-0.39, 0.29) is 23.5 Å². The van der Waals surface area contributed by atoms with Gasteiger partial charge in [0.05, 0.1) is 6.04 Å². The van der Waals surface area contributed by atoms with E-state index < -0.39 is 11.9 Å². The van der Waals surface area contributed by atoms with Crippen molar-refractivity contribution in [3.63, 3.8) is 0 Å². The van der Waals surface area contributed by atoms with Gasteiger partial charge in [-0.3, -0.25) is 9.59 Å². The Bertz CT molecular complexity index is 1320. The topological polar surface area (TPSA) is 116 Å². The molecule has 1 aliphatic heterocycles. The summed E-state index contributed by atoms with van der Waals surface area (Å²) in [6.07, 6.45) is 0.421. The highest BCUT2D eigenvalue weighted by Crippen LogP contribution is 2.33. The molecule has 33 heavy (non-hydrogen) atoms. The maximum absolute atomic E-state index is 13.1. The summed E-state index contributed by atoms with van der Waals surface area (Å²) in [5.41, 5.74) is 8.17. The van der Waals surface area contributed by atoms with Crippen molar-refractivity contribution in [2.75, 3.05) is 10.6 Å². The zero-order valence-electron chi connectivity index (χ0n) is 17.5. The summed E-state index contributed by atoms with van der Waals surface area (Å²) in [5, 5.41) is 16.4. The number of hydrogen-bond acceptors (Lipinski definition) is 6. The first kappa shape index (κ1) is 20.7. The molecule has 0 saturated carbocycles. The quantitative estimate of drug-likeness (QED) is 0.320. The average Bonchev–Trinajstić information content (AvgIpc) is 3.46. The van der Waals surface area contributed by atoms with Gasteiger partial charge in [-0.2, -0.15) is 0 Å². The molecule has 0 aliphatic carbocycles. The van der Waals surface area contributed by atoms with Gasteiger partial charge in [0, 0.05) is 16.6 Å². The SMILES string of the molecule is O=C(Nc1ccccc1)c1oc2ccccc2c1NC(=O)C1CC(c2ccccc2O)NN1. The smallest absolute Gasteiger partial charge is 0.293 e. The third-order valence-electron chi connectivity index (χ3n) is 5.61. The minimum absolute atomic E-state index is 0.0246. The number of phenols is 1. The number of fused-ring (bicyclic) bond motifs is 1. The Labute approximate surface area is 189 Å². The summed E-state index contributed by atoms with van der Waals surface area (Å²) in [4.78, 5) is 26.1. The Morgan fingerprint density at radius 2 is 1.61 bits per heavy atom. The van der Waals surface area contributed by atoms with Gasteiger partial charge in [0.1, 0.15) is 23.1 Å². The zero-order chi connectivity index (χ0) is 22.8. The number of para-hydroxylation sites is 3. The first-order valence-electron chi connectivity index (χ1n) is 10.6. The van der Waals surface area contributed by atoms with Crippen LogP contribution in [-0.2, 0) is 4.79 Å². The minimum atomic E-state index is -0.576. The van der Waals surface area contributed by atoms with E-state index in [9.17, 15) is 14.7 Å². The van der Waals surface area contributed by atoms with Crippen molar-refractivity contribution in [2.45, 2.75) is 18.5 Å². The molecule has 2 unspecified atom stereocenters. The van der Waals surface area contributed by atoms with Crippen LogP contribution in [0.2, 0.25) is 0 Å². The molecule has 2 amide bonds. The van der Waals surface area contributed by atoms with E-state index in [0.29, 0.717) is 34.3 Å². The number of phenolic OH excluding ortho intramolecular Hbond substituents is 1. The molecule has 3 aromatic carbocycles. The molecule has 8 heteroatoms. The van der Waals surface area contributed by atoms with E-state index in [2.05, 4.69) is 21.5 Å². The Kier molecular flexibility index (Phi) is 5.52. The van der Waals surface area contributed by atoms with Gasteiger partial charge >= 0.3 is 0 Å². The van der Waals surface area contributed by atoms with Crippen LogP contribution >= 0.6 is 0 Å². The fraction of sp³-hybridized carbons (Fsp3) is 0.120. The van der Waals surface area contributed by atoms with Gasteiger partial charge in [0.15, 0.2) is 0 Å². The van der Waals surface area contributed by atoms with Gasteiger partial charge in [-0.25, -0.2) is 10.9 Å². The third-order valence-corrected chi connectivity index (χ3v) is 5.61. The van der Waals surface area contributed by atoms with Gasteiger partial charge in [-0.05, 0) is 36.8 Å². The number of carbonyl (C=O) groups is 2. The van der Waals surface area contributed by atoms with E-state index in [1.165, 1.54) is 0 Å². The highest BCUT2D eigenvalue weighted by molar-refractivity contribution is 6.15. The van der Waals surface area contributed by atoms with Crippen LogP contribution < -0.4 is 21.5 Å². The maximum atomic E-state index is 13.1. The summed E-state index contributed by atoms with van der Waals surface area (Å²) in [5.74, 6) is -0.590. The molecule has 1 aliphatic rings. The summed E-state index contributed by atoms with van der Waals surface area (Å²) in [6, 6.07) is 22.4. The lowest BCUT2D eigenvalue weighted by atomic mass is 10.0. The summed E-state index contributed by atoms with van der Waals surface area (Å²) in [7, 11) is 0. The van der Waals surface area contributed by atoms with E-state index in [0.717, 1.165) is 0 Å². The van der Waals surface area contributed by atoms with E-state index in [1.54, 1.807) is 42.5 Å². The molecule has 1 aromatic heterocycles. The van der Waals surface area contributed by atoms with Crippen LogP contribution in [0.15, 0.2) is 83.3 Å². The molecule has 5 rings (SSSR count). The van der Waals surface area contributed by atoms with Gasteiger partial charge in [0.2, 0.25) is 11.7 Å². The van der Waals surface area contributed by atoms with Crippen LogP contribution in [-0.4, -0.2) is 23.0 Å². The fourth-order valence-corrected chi connectivity index (χ4v) is 3.96.